The third-order valence-electron chi connectivity index (χ3n) is 3.19. The number of aromatic nitrogens is 2. The predicted molar refractivity (Wildman–Crippen MR) is 77.3 cm³/mol. The van der Waals surface area contributed by atoms with E-state index < -0.39 is 0 Å². The van der Waals surface area contributed by atoms with Crippen LogP contribution >= 0.6 is 12.2 Å². The smallest absolute Gasteiger partial charge is 0.178 e. The van der Waals surface area contributed by atoms with Crippen molar-refractivity contribution in [3.8, 4) is 6.07 Å². The fourth-order valence-electron chi connectivity index (χ4n) is 2.18. The van der Waals surface area contributed by atoms with E-state index in [2.05, 4.69) is 11.1 Å². The summed E-state index contributed by atoms with van der Waals surface area (Å²) < 4.78 is 16.1. The van der Waals surface area contributed by atoms with Crippen molar-refractivity contribution in [1.82, 2.24) is 9.55 Å². The second-order valence-electron chi connectivity index (χ2n) is 4.45. The fraction of sp³-hybridized carbons (Fsp3) is 0.0667. The molecule has 0 spiro atoms. The van der Waals surface area contributed by atoms with Crippen LogP contribution in [0.5, 0.6) is 0 Å². The molecule has 3 aromatic rings. The highest BCUT2D eigenvalue weighted by Crippen LogP contribution is 2.18. The molecule has 0 bridgehead atoms. The first-order valence-electron chi connectivity index (χ1n) is 6.05. The molecular formula is C15H10FN3S. The molecule has 0 fully saturated rings. The third-order valence-corrected chi connectivity index (χ3v) is 3.51. The second-order valence-corrected chi connectivity index (χ2v) is 4.84. The van der Waals surface area contributed by atoms with Crippen LogP contribution in [-0.4, -0.2) is 9.55 Å². The van der Waals surface area contributed by atoms with Crippen molar-refractivity contribution in [2.45, 2.75) is 6.54 Å². The minimum absolute atomic E-state index is 0.264. The molecule has 0 radical (unpaired) electrons. The maximum absolute atomic E-state index is 13.7. The Morgan fingerprint density at radius 3 is 2.80 bits per heavy atom. The lowest BCUT2D eigenvalue weighted by molar-refractivity contribution is 0.600. The Morgan fingerprint density at radius 2 is 2.05 bits per heavy atom. The van der Waals surface area contributed by atoms with Crippen molar-refractivity contribution in [1.29, 1.82) is 5.26 Å². The van der Waals surface area contributed by atoms with E-state index in [4.69, 9.17) is 17.5 Å². The lowest BCUT2D eigenvalue weighted by atomic mass is 10.2. The molecule has 5 heteroatoms. The van der Waals surface area contributed by atoms with E-state index >= 15 is 0 Å². The molecule has 0 unspecified atom stereocenters. The van der Waals surface area contributed by atoms with Crippen molar-refractivity contribution in [3.05, 3.63) is 64.2 Å². The number of hydrogen-bond donors (Lipinski definition) is 1. The molecule has 0 aliphatic rings. The molecular weight excluding hydrogens is 273 g/mol. The summed E-state index contributed by atoms with van der Waals surface area (Å²) in [5.41, 5.74) is 2.75. The summed E-state index contributed by atoms with van der Waals surface area (Å²) in [6.07, 6.45) is 0. The number of fused-ring (bicyclic) bond motifs is 1. The molecule has 1 aromatic heterocycles. The largest absolute Gasteiger partial charge is 0.331 e. The van der Waals surface area contributed by atoms with Crippen molar-refractivity contribution >= 4 is 23.3 Å². The summed E-state index contributed by atoms with van der Waals surface area (Å²) in [4.78, 5) is 3.06. The quantitative estimate of drug-likeness (QED) is 0.728. The Labute approximate surface area is 119 Å². The van der Waals surface area contributed by atoms with Gasteiger partial charge in [0.25, 0.3) is 0 Å². The summed E-state index contributed by atoms with van der Waals surface area (Å²) in [6, 6.07) is 14.0. The number of imidazole rings is 1. The molecule has 0 aliphatic carbocycles. The molecule has 0 saturated carbocycles. The number of halogens is 1. The zero-order valence-electron chi connectivity index (χ0n) is 10.4. The van der Waals surface area contributed by atoms with E-state index in [1.807, 2.05) is 6.07 Å². The average molecular weight is 283 g/mol. The summed E-state index contributed by atoms with van der Waals surface area (Å²) in [6.45, 7) is 0.334. The number of nitrogens with one attached hydrogen (secondary N) is 1. The number of rotatable bonds is 2. The fourth-order valence-corrected chi connectivity index (χ4v) is 2.45. The van der Waals surface area contributed by atoms with Gasteiger partial charge in [0.2, 0.25) is 0 Å². The molecule has 0 saturated heterocycles. The summed E-state index contributed by atoms with van der Waals surface area (Å²) >= 11 is 5.28. The first-order chi connectivity index (χ1) is 9.69. The molecule has 3 nitrogen and oxygen atoms in total. The molecule has 1 N–H and O–H groups in total. The monoisotopic (exact) mass is 283 g/mol. The van der Waals surface area contributed by atoms with E-state index in [1.165, 1.54) is 6.07 Å². The van der Waals surface area contributed by atoms with Gasteiger partial charge in [-0.2, -0.15) is 5.26 Å². The van der Waals surface area contributed by atoms with Crippen LogP contribution in [0.3, 0.4) is 0 Å². The Kier molecular flexibility index (Phi) is 3.09. The Hall–Kier alpha value is -2.45. The van der Waals surface area contributed by atoms with Gasteiger partial charge in [-0.25, -0.2) is 4.39 Å². The van der Waals surface area contributed by atoms with Crippen LogP contribution < -0.4 is 0 Å². The van der Waals surface area contributed by atoms with E-state index in [0.29, 0.717) is 22.4 Å². The van der Waals surface area contributed by atoms with Gasteiger partial charge in [-0.1, -0.05) is 18.2 Å². The SMILES string of the molecule is N#Cc1ccc2[nH]c(=S)n(Cc3ccccc3F)c2c1. The van der Waals surface area contributed by atoms with E-state index in [1.54, 1.807) is 34.9 Å². The Bertz CT molecular complexity index is 886. The highest BCUT2D eigenvalue weighted by molar-refractivity contribution is 7.71. The Balaban J connectivity index is 2.16. The van der Waals surface area contributed by atoms with E-state index in [9.17, 15) is 4.39 Å². The molecule has 98 valence electrons. The summed E-state index contributed by atoms with van der Waals surface area (Å²) in [5.74, 6) is -0.264. The lowest BCUT2D eigenvalue weighted by Crippen LogP contribution is -2.02. The van der Waals surface area contributed by atoms with Gasteiger partial charge in [0.05, 0.1) is 29.2 Å². The summed E-state index contributed by atoms with van der Waals surface area (Å²) in [7, 11) is 0. The second kappa shape index (κ2) is 4.91. The first-order valence-corrected chi connectivity index (χ1v) is 6.46. The zero-order valence-corrected chi connectivity index (χ0v) is 11.2. The van der Waals surface area contributed by atoms with Crippen LogP contribution in [0.2, 0.25) is 0 Å². The van der Waals surface area contributed by atoms with Crippen LogP contribution in [-0.2, 0) is 6.54 Å². The molecule has 1 heterocycles. The first kappa shape index (κ1) is 12.6. The van der Waals surface area contributed by atoms with Crippen LogP contribution in [0.1, 0.15) is 11.1 Å². The van der Waals surface area contributed by atoms with Gasteiger partial charge in [-0.05, 0) is 36.5 Å². The topological polar surface area (TPSA) is 44.5 Å². The minimum atomic E-state index is -0.264. The van der Waals surface area contributed by atoms with Gasteiger partial charge in [-0.3, -0.25) is 0 Å². The number of aromatic amines is 1. The predicted octanol–water partition coefficient (Wildman–Crippen LogP) is 3.76. The van der Waals surface area contributed by atoms with Crippen molar-refractivity contribution in [2.75, 3.05) is 0 Å². The number of nitriles is 1. The van der Waals surface area contributed by atoms with Gasteiger partial charge >= 0.3 is 0 Å². The van der Waals surface area contributed by atoms with E-state index in [0.717, 1.165) is 11.0 Å². The number of benzene rings is 2. The van der Waals surface area contributed by atoms with Crippen LogP contribution in [0.25, 0.3) is 11.0 Å². The minimum Gasteiger partial charge on any atom is -0.331 e. The van der Waals surface area contributed by atoms with Crippen molar-refractivity contribution in [3.63, 3.8) is 0 Å². The van der Waals surface area contributed by atoms with Crippen LogP contribution in [0.15, 0.2) is 42.5 Å². The molecule has 0 amide bonds. The van der Waals surface area contributed by atoms with Crippen molar-refractivity contribution < 1.29 is 4.39 Å². The van der Waals surface area contributed by atoms with Gasteiger partial charge in [-0.15, -0.1) is 0 Å². The Morgan fingerprint density at radius 1 is 1.25 bits per heavy atom. The van der Waals surface area contributed by atoms with E-state index in [-0.39, 0.29) is 5.82 Å². The number of nitrogens with zero attached hydrogens (tertiary/aromatic N) is 2. The van der Waals surface area contributed by atoms with Crippen LogP contribution in [0, 0.1) is 21.9 Å². The van der Waals surface area contributed by atoms with Crippen molar-refractivity contribution in [2.24, 2.45) is 0 Å². The highest BCUT2D eigenvalue weighted by Gasteiger charge is 2.08. The maximum atomic E-state index is 13.7. The normalized spacial score (nSPS) is 10.6. The molecule has 3 rings (SSSR count). The molecule has 2 aromatic carbocycles. The molecule has 0 aliphatic heterocycles. The van der Waals surface area contributed by atoms with Gasteiger partial charge < -0.3 is 9.55 Å². The number of H-pyrrole nitrogens is 1. The zero-order chi connectivity index (χ0) is 14.1. The standard InChI is InChI=1S/C15H10FN3S/c16-12-4-2-1-3-11(12)9-19-14-7-10(8-17)5-6-13(14)18-15(19)20/h1-7H,9H2,(H,18,20). The molecule has 20 heavy (non-hydrogen) atoms. The van der Waals surface area contributed by atoms with Crippen LogP contribution in [0.4, 0.5) is 4.39 Å². The average Bonchev–Trinajstić information content (AvgIpc) is 2.77. The maximum Gasteiger partial charge on any atom is 0.178 e. The summed E-state index contributed by atoms with van der Waals surface area (Å²) in [5, 5.41) is 8.97. The highest BCUT2D eigenvalue weighted by atomic mass is 32.1. The third kappa shape index (κ3) is 2.10. The van der Waals surface area contributed by atoms with Gasteiger partial charge in [0.15, 0.2) is 4.77 Å². The van der Waals surface area contributed by atoms with Gasteiger partial charge in [0.1, 0.15) is 5.82 Å². The number of hydrogen-bond acceptors (Lipinski definition) is 2. The molecule has 0 atom stereocenters. The van der Waals surface area contributed by atoms with Gasteiger partial charge in [0, 0.05) is 5.56 Å². The lowest BCUT2D eigenvalue weighted by Gasteiger charge is -2.06.